The molecule has 2 aromatic heterocycles. The highest BCUT2D eigenvalue weighted by Crippen LogP contribution is 2.32. The van der Waals surface area contributed by atoms with E-state index in [9.17, 15) is 8.42 Å². The Morgan fingerprint density at radius 3 is 2.47 bits per heavy atom. The van der Waals surface area contributed by atoms with Crippen LogP contribution in [0.25, 0.3) is 21.9 Å². The molecule has 0 aliphatic heterocycles. The van der Waals surface area contributed by atoms with Crippen molar-refractivity contribution in [1.82, 2.24) is 13.9 Å². The molecule has 0 amide bonds. The molecule has 0 saturated carbocycles. The molecule has 0 unspecified atom stereocenters. The fraction of sp³-hybridized carbons (Fsp3) is 0.192. The van der Waals surface area contributed by atoms with Crippen LogP contribution in [0.5, 0.6) is 0 Å². The first-order valence-corrected chi connectivity index (χ1v) is 12.2. The fourth-order valence-corrected chi connectivity index (χ4v) is 5.85. The van der Waals surface area contributed by atoms with Gasteiger partial charge in [0.15, 0.2) is 0 Å². The SMILES string of the molecule is CCc1cc(C)c2c(ccn2S(=O)(=O)c2ccc(C)cc2)c1Cc1nc2ccccc2[nH]1. The molecule has 0 radical (unpaired) electrons. The summed E-state index contributed by atoms with van der Waals surface area (Å²) >= 11 is 0. The van der Waals surface area contributed by atoms with E-state index in [-0.39, 0.29) is 0 Å². The summed E-state index contributed by atoms with van der Waals surface area (Å²) in [6, 6.07) is 19.0. The minimum absolute atomic E-state index is 0.290. The zero-order valence-electron chi connectivity index (χ0n) is 18.4. The van der Waals surface area contributed by atoms with Gasteiger partial charge in [-0.25, -0.2) is 17.4 Å². The lowest BCUT2D eigenvalue weighted by Gasteiger charge is -2.14. The van der Waals surface area contributed by atoms with E-state index in [1.807, 2.05) is 56.3 Å². The minimum atomic E-state index is -3.70. The smallest absolute Gasteiger partial charge is 0.268 e. The third kappa shape index (κ3) is 3.31. The Morgan fingerprint density at radius 1 is 1.00 bits per heavy atom. The maximum Gasteiger partial charge on any atom is 0.268 e. The number of benzene rings is 3. The van der Waals surface area contributed by atoms with Gasteiger partial charge in [-0.1, -0.05) is 42.8 Å². The van der Waals surface area contributed by atoms with Crippen LogP contribution >= 0.6 is 0 Å². The number of aryl methyl sites for hydroxylation is 3. The second-order valence-electron chi connectivity index (χ2n) is 8.25. The highest BCUT2D eigenvalue weighted by molar-refractivity contribution is 7.90. The van der Waals surface area contributed by atoms with Crippen LogP contribution in [0, 0.1) is 13.8 Å². The van der Waals surface area contributed by atoms with Crippen molar-refractivity contribution in [3.8, 4) is 0 Å². The molecular formula is C26H25N3O2S. The molecule has 1 N–H and O–H groups in total. The van der Waals surface area contributed by atoms with Crippen molar-refractivity contribution in [2.75, 3.05) is 0 Å². The number of nitrogens with one attached hydrogen (secondary N) is 1. The highest BCUT2D eigenvalue weighted by Gasteiger charge is 2.22. The summed E-state index contributed by atoms with van der Waals surface area (Å²) in [4.78, 5) is 8.44. The van der Waals surface area contributed by atoms with Crippen LogP contribution in [0.2, 0.25) is 0 Å². The number of fused-ring (bicyclic) bond motifs is 2. The Bertz CT molecular complexity index is 1530. The molecule has 3 aromatic carbocycles. The summed E-state index contributed by atoms with van der Waals surface area (Å²) < 4.78 is 28.3. The Kier molecular flexibility index (Phi) is 4.90. The molecule has 0 aliphatic rings. The Morgan fingerprint density at radius 2 is 1.75 bits per heavy atom. The third-order valence-electron chi connectivity index (χ3n) is 6.07. The number of nitrogens with zero attached hydrogens (tertiary/aromatic N) is 2. The summed E-state index contributed by atoms with van der Waals surface area (Å²) in [5.41, 5.74) is 6.97. The Balaban J connectivity index is 1.68. The molecule has 0 spiro atoms. The first-order chi connectivity index (χ1) is 15.4. The van der Waals surface area contributed by atoms with Crippen LogP contribution in [-0.4, -0.2) is 22.4 Å². The number of rotatable bonds is 5. The maximum absolute atomic E-state index is 13.5. The molecular weight excluding hydrogens is 418 g/mol. The molecule has 0 bridgehead atoms. The molecule has 32 heavy (non-hydrogen) atoms. The molecule has 0 fully saturated rings. The van der Waals surface area contributed by atoms with E-state index < -0.39 is 10.0 Å². The highest BCUT2D eigenvalue weighted by atomic mass is 32.2. The van der Waals surface area contributed by atoms with E-state index in [4.69, 9.17) is 4.98 Å². The van der Waals surface area contributed by atoms with Gasteiger partial charge in [-0.15, -0.1) is 0 Å². The number of hydrogen-bond acceptors (Lipinski definition) is 3. The molecule has 2 heterocycles. The van der Waals surface area contributed by atoms with Crippen LogP contribution in [0.1, 0.15) is 35.0 Å². The van der Waals surface area contributed by atoms with Gasteiger partial charge in [0.2, 0.25) is 0 Å². The predicted molar refractivity (Wildman–Crippen MR) is 129 cm³/mol. The monoisotopic (exact) mass is 443 g/mol. The standard InChI is InChI=1S/C26H25N3O2S/c1-4-19-15-18(3)26-21(22(19)16-25-27-23-7-5-6-8-24(23)28-25)13-14-29(26)32(30,31)20-11-9-17(2)10-12-20/h5-15H,4,16H2,1-3H3,(H,27,28). The largest absolute Gasteiger partial charge is 0.342 e. The predicted octanol–water partition coefficient (Wildman–Crippen LogP) is 5.52. The lowest BCUT2D eigenvalue weighted by Crippen LogP contribution is -2.13. The van der Waals surface area contributed by atoms with Gasteiger partial charge in [-0.2, -0.15) is 0 Å². The molecule has 0 saturated heterocycles. The minimum Gasteiger partial charge on any atom is -0.342 e. The first kappa shape index (κ1) is 20.5. The van der Waals surface area contributed by atoms with E-state index in [1.165, 1.54) is 9.54 Å². The summed E-state index contributed by atoms with van der Waals surface area (Å²) in [6.45, 7) is 6.05. The van der Waals surface area contributed by atoms with Crippen molar-refractivity contribution >= 4 is 32.0 Å². The lowest BCUT2D eigenvalue weighted by molar-refractivity contribution is 0.589. The molecule has 5 aromatic rings. The van der Waals surface area contributed by atoms with Gasteiger partial charge in [0.05, 0.1) is 21.4 Å². The number of H-pyrrole nitrogens is 1. The summed E-state index contributed by atoms with van der Waals surface area (Å²) in [7, 11) is -3.70. The van der Waals surface area contributed by atoms with Gasteiger partial charge < -0.3 is 4.98 Å². The average Bonchev–Trinajstić information content (AvgIpc) is 3.40. The molecule has 5 nitrogen and oxygen atoms in total. The van der Waals surface area contributed by atoms with E-state index >= 15 is 0 Å². The summed E-state index contributed by atoms with van der Waals surface area (Å²) in [5.74, 6) is 0.875. The Hall–Kier alpha value is -3.38. The van der Waals surface area contributed by atoms with Crippen molar-refractivity contribution in [3.05, 3.63) is 94.9 Å². The second kappa shape index (κ2) is 7.64. The van der Waals surface area contributed by atoms with E-state index in [0.717, 1.165) is 50.9 Å². The van der Waals surface area contributed by atoms with Crippen LogP contribution in [0.15, 0.2) is 71.8 Å². The quantitative estimate of drug-likeness (QED) is 0.389. The van der Waals surface area contributed by atoms with E-state index in [2.05, 4.69) is 18.0 Å². The van der Waals surface area contributed by atoms with E-state index in [1.54, 1.807) is 18.3 Å². The van der Waals surface area contributed by atoms with Gasteiger partial charge in [-0.05, 0) is 67.3 Å². The maximum atomic E-state index is 13.5. The summed E-state index contributed by atoms with van der Waals surface area (Å²) in [6.07, 6.45) is 3.15. The normalized spacial score (nSPS) is 12.1. The number of para-hydroxylation sites is 2. The van der Waals surface area contributed by atoms with Gasteiger partial charge in [0.25, 0.3) is 10.0 Å². The van der Waals surface area contributed by atoms with Gasteiger partial charge >= 0.3 is 0 Å². The molecule has 162 valence electrons. The topological polar surface area (TPSA) is 67.8 Å². The van der Waals surface area contributed by atoms with Gasteiger partial charge in [-0.3, -0.25) is 0 Å². The first-order valence-electron chi connectivity index (χ1n) is 10.8. The molecule has 0 aliphatic carbocycles. The third-order valence-corrected chi connectivity index (χ3v) is 7.76. The average molecular weight is 444 g/mol. The zero-order valence-corrected chi connectivity index (χ0v) is 19.2. The van der Waals surface area contributed by atoms with Crippen LogP contribution < -0.4 is 0 Å². The molecule has 6 heteroatoms. The second-order valence-corrected chi connectivity index (χ2v) is 10.1. The van der Waals surface area contributed by atoms with Crippen LogP contribution in [0.4, 0.5) is 0 Å². The molecule has 5 rings (SSSR count). The van der Waals surface area contributed by atoms with Crippen molar-refractivity contribution < 1.29 is 8.42 Å². The zero-order chi connectivity index (χ0) is 22.5. The van der Waals surface area contributed by atoms with Crippen molar-refractivity contribution in [1.29, 1.82) is 0 Å². The van der Waals surface area contributed by atoms with Crippen molar-refractivity contribution in [2.24, 2.45) is 0 Å². The fourth-order valence-electron chi connectivity index (χ4n) is 4.44. The van der Waals surface area contributed by atoms with Crippen LogP contribution in [-0.2, 0) is 22.9 Å². The van der Waals surface area contributed by atoms with Crippen molar-refractivity contribution in [2.45, 2.75) is 38.5 Å². The number of aromatic nitrogens is 3. The van der Waals surface area contributed by atoms with Gasteiger partial charge in [0.1, 0.15) is 5.82 Å². The number of aromatic amines is 1. The van der Waals surface area contributed by atoms with Crippen LogP contribution in [0.3, 0.4) is 0 Å². The van der Waals surface area contributed by atoms with Gasteiger partial charge in [0, 0.05) is 18.0 Å². The number of imidazole rings is 1. The molecule has 0 atom stereocenters. The van der Waals surface area contributed by atoms with Crippen molar-refractivity contribution in [3.63, 3.8) is 0 Å². The number of hydrogen-bond donors (Lipinski definition) is 1. The lowest BCUT2D eigenvalue weighted by atomic mass is 9.95. The Labute approximate surface area is 187 Å². The van der Waals surface area contributed by atoms with E-state index in [0.29, 0.717) is 11.3 Å². The summed E-state index contributed by atoms with van der Waals surface area (Å²) in [5, 5.41) is 0.956.